The van der Waals surface area contributed by atoms with Crippen LogP contribution in [-0.4, -0.2) is 74.2 Å². The lowest BCUT2D eigenvalue weighted by molar-refractivity contribution is -0.146. The molecule has 21 heavy (non-hydrogen) atoms. The van der Waals surface area contributed by atoms with Crippen LogP contribution in [0.15, 0.2) is 0 Å². The lowest BCUT2D eigenvalue weighted by atomic mass is 10.0. The Morgan fingerprint density at radius 1 is 1.48 bits per heavy atom. The topological polar surface area (TPSA) is 44.8 Å². The summed E-state index contributed by atoms with van der Waals surface area (Å²) in [5.41, 5.74) is 0. The smallest absolute Gasteiger partial charge is 0.323 e. The van der Waals surface area contributed by atoms with Crippen LogP contribution in [0, 0.1) is 0 Å². The average molecular weight is 299 g/mol. The molecule has 1 saturated heterocycles. The number of piperidine rings is 1. The highest BCUT2D eigenvalue weighted by Crippen LogP contribution is 2.14. The highest BCUT2D eigenvalue weighted by molar-refractivity contribution is 5.75. The van der Waals surface area contributed by atoms with Crippen molar-refractivity contribution in [3.8, 4) is 0 Å². The third-order valence-electron chi connectivity index (χ3n) is 4.10. The molecule has 2 unspecified atom stereocenters. The molecule has 0 aliphatic carbocycles. The highest BCUT2D eigenvalue weighted by atomic mass is 16.5. The zero-order chi connectivity index (χ0) is 15.8. The Bertz CT molecular complexity index is 310. The van der Waals surface area contributed by atoms with Crippen molar-refractivity contribution >= 4 is 5.97 Å². The predicted octanol–water partition coefficient (Wildman–Crippen LogP) is 1.33. The van der Waals surface area contributed by atoms with Crippen LogP contribution < -0.4 is 5.32 Å². The van der Waals surface area contributed by atoms with Crippen LogP contribution in [0.4, 0.5) is 0 Å². The number of hydrogen-bond acceptors (Lipinski definition) is 5. The number of likely N-dealkylation sites (tertiary alicyclic amines) is 1. The molecule has 1 fully saturated rings. The van der Waals surface area contributed by atoms with E-state index < -0.39 is 0 Å². The standard InChI is InChI=1S/C16H33N3O2/c1-6-21-16(20)15(17-13(2)3)9-11-19(5)14-8-7-10-18(4)12-14/h13-15,17H,6-12H2,1-5H3. The van der Waals surface area contributed by atoms with Gasteiger partial charge in [0.2, 0.25) is 0 Å². The molecule has 0 aromatic carbocycles. The summed E-state index contributed by atoms with van der Waals surface area (Å²) in [6.07, 6.45) is 3.31. The number of hydrogen-bond donors (Lipinski definition) is 1. The molecule has 1 aliphatic rings. The van der Waals surface area contributed by atoms with Crippen LogP contribution >= 0.6 is 0 Å². The van der Waals surface area contributed by atoms with E-state index in [4.69, 9.17) is 4.74 Å². The van der Waals surface area contributed by atoms with Gasteiger partial charge in [-0.05, 0) is 46.8 Å². The Kier molecular flexibility index (Phi) is 8.22. The Morgan fingerprint density at radius 2 is 2.19 bits per heavy atom. The normalized spacial score (nSPS) is 21.8. The SMILES string of the molecule is CCOC(=O)C(CCN(C)C1CCCN(C)C1)NC(C)C. The largest absolute Gasteiger partial charge is 0.465 e. The van der Waals surface area contributed by atoms with E-state index in [9.17, 15) is 4.79 Å². The van der Waals surface area contributed by atoms with E-state index in [0.29, 0.717) is 12.6 Å². The number of carbonyl (C=O) groups is 1. The number of likely N-dealkylation sites (N-methyl/N-ethyl adjacent to an activating group) is 2. The van der Waals surface area contributed by atoms with E-state index in [1.807, 2.05) is 6.92 Å². The minimum atomic E-state index is -0.200. The van der Waals surface area contributed by atoms with Gasteiger partial charge in [-0.2, -0.15) is 0 Å². The molecule has 0 spiro atoms. The van der Waals surface area contributed by atoms with Gasteiger partial charge in [-0.25, -0.2) is 0 Å². The summed E-state index contributed by atoms with van der Waals surface area (Å²) in [5.74, 6) is -0.125. The van der Waals surface area contributed by atoms with Crippen molar-refractivity contribution in [1.82, 2.24) is 15.1 Å². The van der Waals surface area contributed by atoms with E-state index in [1.54, 1.807) is 0 Å². The van der Waals surface area contributed by atoms with E-state index in [-0.39, 0.29) is 18.1 Å². The van der Waals surface area contributed by atoms with Crippen LogP contribution in [0.1, 0.15) is 40.0 Å². The van der Waals surface area contributed by atoms with Gasteiger partial charge in [0.1, 0.15) is 6.04 Å². The van der Waals surface area contributed by atoms with Gasteiger partial charge in [0, 0.05) is 25.2 Å². The van der Waals surface area contributed by atoms with Gasteiger partial charge in [-0.15, -0.1) is 0 Å². The zero-order valence-corrected chi connectivity index (χ0v) is 14.4. The number of nitrogens with one attached hydrogen (secondary N) is 1. The average Bonchev–Trinajstić information content (AvgIpc) is 2.42. The van der Waals surface area contributed by atoms with Crippen LogP contribution in [0.5, 0.6) is 0 Å². The Balaban J connectivity index is 2.45. The van der Waals surface area contributed by atoms with E-state index in [2.05, 4.69) is 43.1 Å². The van der Waals surface area contributed by atoms with Gasteiger partial charge < -0.3 is 19.9 Å². The molecule has 5 nitrogen and oxygen atoms in total. The van der Waals surface area contributed by atoms with Gasteiger partial charge in [-0.1, -0.05) is 13.8 Å². The molecule has 0 aromatic heterocycles. The summed E-state index contributed by atoms with van der Waals surface area (Å²) in [6.45, 7) is 9.66. The minimum Gasteiger partial charge on any atom is -0.465 e. The van der Waals surface area contributed by atoms with Crippen LogP contribution in [0.25, 0.3) is 0 Å². The second-order valence-corrected chi connectivity index (χ2v) is 6.45. The van der Waals surface area contributed by atoms with Crippen molar-refractivity contribution in [2.75, 3.05) is 40.3 Å². The molecule has 0 saturated carbocycles. The van der Waals surface area contributed by atoms with Crippen molar-refractivity contribution in [3.05, 3.63) is 0 Å². The van der Waals surface area contributed by atoms with Crippen LogP contribution in [-0.2, 0) is 9.53 Å². The fourth-order valence-corrected chi connectivity index (χ4v) is 2.93. The van der Waals surface area contributed by atoms with E-state index >= 15 is 0 Å². The fourth-order valence-electron chi connectivity index (χ4n) is 2.93. The molecule has 0 amide bonds. The van der Waals surface area contributed by atoms with Crippen molar-refractivity contribution in [1.29, 1.82) is 0 Å². The molecule has 124 valence electrons. The molecule has 5 heteroatoms. The molecular weight excluding hydrogens is 266 g/mol. The lowest BCUT2D eigenvalue weighted by Gasteiger charge is -2.36. The van der Waals surface area contributed by atoms with Crippen LogP contribution in [0.3, 0.4) is 0 Å². The predicted molar refractivity (Wildman–Crippen MR) is 86.5 cm³/mol. The summed E-state index contributed by atoms with van der Waals surface area (Å²) < 4.78 is 5.17. The third-order valence-corrected chi connectivity index (χ3v) is 4.10. The molecular formula is C16H33N3O2. The Labute approximate surface area is 130 Å². The zero-order valence-electron chi connectivity index (χ0n) is 14.4. The summed E-state index contributed by atoms with van der Waals surface area (Å²) in [5, 5.41) is 3.32. The minimum absolute atomic E-state index is 0.125. The molecule has 0 bridgehead atoms. The molecule has 0 aromatic rings. The second-order valence-electron chi connectivity index (χ2n) is 6.45. The summed E-state index contributed by atoms with van der Waals surface area (Å²) in [6, 6.07) is 0.685. The third kappa shape index (κ3) is 6.76. The van der Waals surface area contributed by atoms with Gasteiger partial charge >= 0.3 is 5.97 Å². The number of ether oxygens (including phenoxy) is 1. The number of nitrogens with zero attached hydrogens (tertiary/aromatic N) is 2. The monoisotopic (exact) mass is 299 g/mol. The fraction of sp³-hybridized carbons (Fsp3) is 0.938. The number of esters is 1. The molecule has 2 atom stereocenters. The van der Waals surface area contributed by atoms with E-state index in [1.165, 1.54) is 19.4 Å². The lowest BCUT2D eigenvalue weighted by Crippen LogP contribution is -2.48. The summed E-state index contributed by atoms with van der Waals surface area (Å²) in [7, 11) is 4.35. The van der Waals surface area contributed by atoms with Crippen molar-refractivity contribution in [3.63, 3.8) is 0 Å². The maximum Gasteiger partial charge on any atom is 0.323 e. The first-order chi connectivity index (χ1) is 9.93. The van der Waals surface area contributed by atoms with Crippen LogP contribution in [0.2, 0.25) is 0 Å². The molecule has 1 rings (SSSR count). The molecule has 1 N–H and O–H groups in total. The first kappa shape index (κ1) is 18.4. The van der Waals surface area contributed by atoms with E-state index in [0.717, 1.165) is 19.5 Å². The quantitative estimate of drug-likeness (QED) is 0.685. The number of carbonyl (C=O) groups excluding carboxylic acids is 1. The van der Waals surface area contributed by atoms with Crippen molar-refractivity contribution < 1.29 is 9.53 Å². The molecule has 1 heterocycles. The van der Waals surface area contributed by atoms with Gasteiger partial charge in [0.05, 0.1) is 6.61 Å². The first-order valence-electron chi connectivity index (χ1n) is 8.25. The summed E-state index contributed by atoms with van der Waals surface area (Å²) >= 11 is 0. The molecule has 1 aliphatic heterocycles. The molecule has 0 radical (unpaired) electrons. The van der Waals surface area contributed by atoms with Gasteiger partial charge in [0.25, 0.3) is 0 Å². The second kappa shape index (κ2) is 9.38. The number of rotatable bonds is 8. The Morgan fingerprint density at radius 3 is 2.76 bits per heavy atom. The van der Waals surface area contributed by atoms with Gasteiger partial charge in [-0.3, -0.25) is 4.79 Å². The summed E-state index contributed by atoms with van der Waals surface area (Å²) in [4.78, 5) is 16.8. The first-order valence-corrected chi connectivity index (χ1v) is 8.25. The Hall–Kier alpha value is -0.650. The van der Waals surface area contributed by atoms with Crippen molar-refractivity contribution in [2.24, 2.45) is 0 Å². The van der Waals surface area contributed by atoms with Gasteiger partial charge in [0.15, 0.2) is 0 Å². The maximum atomic E-state index is 12.0. The van der Waals surface area contributed by atoms with Crippen molar-refractivity contribution in [2.45, 2.75) is 58.2 Å². The highest BCUT2D eigenvalue weighted by Gasteiger charge is 2.24. The maximum absolute atomic E-state index is 12.0.